The maximum atomic E-state index is 9.97. The van der Waals surface area contributed by atoms with Gasteiger partial charge in [0.25, 0.3) is 0 Å². The highest BCUT2D eigenvalue weighted by atomic mass is 35.5. The fourth-order valence-electron chi connectivity index (χ4n) is 0.687. The van der Waals surface area contributed by atoms with E-state index < -0.39 is 0 Å². The van der Waals surface area contributed by atoms with Crippen molar-refractivity contribution in [3.63, 3.8) is 0 Å². The summed E-state index contributed by atoms with van der Waals surface area (Å²) in [7, 11) is 0. The van der Waals surface area contributed by atoms with Gasteiger partial charge in [-0.05, 0) is 18.2 Å². The van der Waals surface area contributed by atoms with Crippen molar-refractivity contribution in [3.05, 3.63) is 23.2 Å². The van der Waals surface area contributed by atoms with Gasteiger partial charge in [-0.25, -0.2) is 0 Å². The lowest BCUT2D eigenvalue weighted by Crippen LogP contribution is -1.93. The summed E-state index contributed by atoms with van der Waals surface area (Å²) >= 11 is 5.59. The number of hydrogen-bond donors (Lipinski definition) is 2. The number of aromatic hydroxyl groups is 1. The van der Waals surface area contributed by atoms with Crippen molar-refractivity contribution in [2.45, 2.75) is 0 Å². The number of halogens is 1. The Bertz CT molecular complexity index is 275. The molecule has 0 aliphatic rings. The summed E-state index contributed by atoms with van der Waals surface area (Å²) in [6.45, 7) is 0. The minimum absolute atomic E-state index is 0.00139. The third-order valence-corrected chi connectivity index (χ3v) is 1.41. The standard InChI is InChI=1S/C7H6ClNO2/c8-5-1-2-7(11)6(3-5)9-4-10/h1-4,11H,(H,9,10). The van der Waals surface area contributed by atoms with Crippen LogP contribution in [0.3, 0.4) is 0 Å². The molecule has 0 bridgehead atoms. The van der Waals surface area contributed by atoms with E-state index in [1.54, 1.807) is 0 Å². The van der Waals surface area contributed by atoms with Crippen molar-refractivity contribution in [3.8, 4) is 5.75 Å². The van der Waals surface area contributed by atoms with Crippen LogP contribution in [0.25, 0.3) is 0 Å². The molecule has 0 unspecified atom stereocenters. The molecule has 0 spiro atoms. The Morgan fingerprint density at radius 1 is 1.55 bits per heavy atom. The van der Waals surface area contributed by atoms with E-state index in [0.717, 1.165) is 0 Å². The summed E-state index contributed by atoms with van der Waals surface area (Å²) in [5, 5.41) is 11.9. The maximum absolute atomic E-state index is 9.97. The van der Waals surface area contributed by atoms with E-state index >= 15 is 0 Å². The molecule has 0 aliphatic carbocycles. The first-order chi connectivity index (χ1) is 5.24. The van der Waals surface area contributed by atoms with Crippen LogP contribution in [0, 0.1) is 0 Å². The molecule has 1 aromatic carbocycles. The second-order valence-corrected chi connectivity index (χ2v) is 2.36. The molecule has 0 atom stereocenters. The molecule has 0 saturated carbocycles. The predicted molar refractivity (Wildman–Crippen MR) is 42.8 cm³/mol. The number of amides is 1. The fraction of sp³-hybridized carbons (Fsp3) is 0. The Labute approximate surface area is 68.6 Å². The highest BCUT2D eigenvalue weighted by Gasteiger charge is 1.98. The van der Waals surface area contributed by atoms with Crippen LogP contribution >= 0.6 is 11.6 Å². The Morgan fingerprint density at radius 2 is 2.27 bits per heavy atom. The zero-order valence-electron chi connectivity index (χ0n) is 5.54. The molecule has 1 rings (SSSR count). The molecule has 0 aromatic heterocycles. The molecule has 58 valence electrons. The van der Waals surface area contributed by atoms with Crippen LogP contribution in [0.4, 0.5) is 5.69 Å². The smallest absolute Gasteiger partial charge is 0.211 e. The van der Waals surface area contributed by atoms with Crippen LogP contribution in [-0.2, 0) is 4.79 Å². The zero-order valence-corrected chi connectivity index (χ0v) is 6.30. The number of rotatable bonds is 2. The zero-order chi connectivity index (χ0) is 8.27. The van der Waals surface area contributed by atoms with Gasteiger partial charge in [0.15, 0.2) is 0 Å². The van der Waals surface area contributed by atoms with Gasteiger partial charge in [0.1, 0.15) is 5.75 Å². The average Bonchev–Trinajstić information content (AvgIpc) is 1.98. The van der Waals surface area contributed by atoms with Crippen molar-refractivity contribution < 1.29 is 9.90 Å². The van der Waals surface area contributed by atoms with Gasteiger partial charge in [-0.1, -0.05) is 11.6 Å². The summed E-state index contributed by atoms with van der Waals surface area (Å²) in [6, 6.07) is 4.41. The first kappa shape index (κ1) is 7.88. The van der Waals surface area contributed by atoms with Crippen LogP contribution in [0.5, 0.6) is 5.75 Å². The minimum atomic E-state index is 0.00139. The molecule has 0 saturated heterocycles. The molecule has 0 heterocycles. The van der Waals surface area contributed by atoms with Gasteiger partial charge in [0.2, 0.25) is 6.41 Å². The highest BCUT2D eigenvalue weighted by molar-refractivity contribution is 6.31. The van der Waals surface area contributed by atoms with Gasteiger partial charge in [-0.2, -0.15) is 0 Å². The van der Waals surface area contributed by atoms with Crippen LogP contribution in [0.15, 0.2) is 18.2 Å². The first-order valence-electron chi connectivity index (χ1n) is 2.93. The molecule has 3 nitrogen and oxygen atoms in total. The summed E-state index contributed by atoms with van der Waals surface area (Å²) in [5.74, 6) is 0.00139. The van der Waals surface area contributed by atoms with Crippen LogP contribution < -0.4 is 5.32 Å². The Hall–Kier alpha value is -1.22. The van der Waals surface area contributed by atoms with Crippen molar-refractivity contribution in [1.82, 2.24) is 0 Å². The van der Waals surface area contributed by atoms with Gasteiger partial charge in [-0.15, -0.1) is 0 Å². The fourth-order valence-corrected chi connectivity index (χ4v) is 0.859. The van der Waals surface area contributed by atoms with E-state index in [0.29, 0.717) is 17.1 Å². The topological polar surface area (TPSA) is 49.3 Å². The lowest BCUT2D eigenvalue weighted by Gasteiger charge is -2.01. The number of benzene rings is 1. The minimum Gasteiger partial charge on any atom is -0.506 e. The lowest BCUT2D eigenvalue weighted by atomic mass is 10.3. The van der Waals surface area contributed by atoms with Crippen molar-refractivity contribution in [2.75, 3.05) is 5.32 Å². The largest absolute Gasteiger partial charge is 0.506 e. The molecule has 11 heavy (non-hydrogen) atoms. The number of carbonyl (C=O) groups excluding carboxylic acids is 1. The number of phenolic OH excluding ortho intramolecular Hbond substituents is 1. The number of hydrogen-bond acceptors (Lipinski definition) is 2. The third-order valence-electron chi connectivity index (χ3n) is 1.17. The van der Waals surface area contributed by atoms with E-state index in [1.165, 1.54) is 18.2 Å². The summed E-state index contributed by atoms with van der Waals surface area (Å²) in [6.07, 6.45) is 0.478. The number of anilines is 1. The van der Waals surface area contributed by atoms with Crippen molar-refractivity contribution >= 4 is 23.7 Å². The van der Waals surface area contributed by atoms with Gasteiger partial charge in [-0.3, -0.25) is 4.79 Å². The van der Waals surface area contributed by atoms with E-state index in [1.807, 2.05) is 0 Å². The lowest BCUT2D eigenvalue weighted by molar-refractivity contribution is -0.105. The van der Waals surface area contributed by atoms with E-state index in [-0.39, 0.29) is 5.75 Å². The molecule has 1 amide bonds. The third kappa shape index (κ3) is 1.85. The molecular weight excluding hydrogens is 166 g/mol. The van der Waals surface area contributed by atoms with Crippen molar-refractivity contribution in [1.29, 1.82) is 0 Å². The van der Waals surface area contributed by atoms with Crippen LogP contribution in [-0.4, -0.2) is 11.5 Å². The number of nitrogens with one attached hydrogen (secondary N) is 1. The molecule has 2 N–H and O–H groups in total. The number of phenols is 1. The van der Waals surface area contributed by atoms with Gasteiger partial charge >= 0.3 is 0 Å². The molecule has 0 radical (unpaired) electrons. The Morgan fingerprint density at radius 3 is 2.91 bits per heavy atom. The average molecular weight is 172 g/mol. The quantitative estimate of drug-likeness (QED) is 0.525. The first-order valence-corrected chi connectivity index (χ1v) is 3.30. The van der Waals surface area contributed by atoms with E-state index in [4.69, 9.17) is 16.7 Å². The summed E-state index contributed by atoms with van der Waals surface area (Å²) in [4.78, 5) is 9.97. The maximum Gasteiger partial charge on any atom is 0.211 e. The second kappa shape index (κ2) is 3.25. The SMILES string of the molecule is O=CNc1cc(Cl)ccc1O. The van der Waals surface area contributed by atoms with Crippen LogP contribution in [0.1, 0.15) is 0 Å². The van der Waals surface area contributed by atoms with Gasteiger partial charge in [0, 0.05) is 5.02 Å². The van der Waals surface area contributed by atoms with Gasteiger partial charge in [0.05, 0.1) is 5.69 Å². The van der Waals surface area contributed by atoms with Crippen LogP contribution in [0.2, 0.25) is 5.02 Å². The van der Waals surface area contributed by atoms with Crippen molar-refractivity contribution in [2.24, 2.45) is 0 Å². The highest BCUT2D eigenvalue weighted by Crippen LogP contribution is 2.25. The monoisotopic (exact) mass is 171 g/mol. The molecule has 0 fully saturated rings. The predicted octanol–water partition coefficient (Wildman–Crippen LogP) is 1.61. The van der Waals surface area contributed by atoms with Gasteiger partial charge < -0.3 is 10.4 Å². The second-order valence-electron chi connectivity index (χ2n) is 1.92. The molecule has 0 aliphatic heterocycles. The normalized spacial score (nSPS) is 9.18. The summed E-state index contributed by atoms with van der Waals surface area (Å²) in [5.41, 5.74) is 0.313. The van der Waals surface area contributed by atoms with E-state index in [2.05, 4.69) is 5.32 Å². The summed E-state index contributed by atoms with van der Waals surface area (Å²) < 4.78 is 0. The molecule has 4 heteroatoms. The molecular formula is C7H6ClNO2. The molecule has 1 aromatic rings. The Balaban J connectivity index is 3.01. The van der Waals surface area contributed by atoms with E-state index in [9.17, 15) is 4.79 Å². The Kier molecular flexibility index (Phi) is 2.33. The number of carbonyl (C=O) groups is 1.